The van der Waals surface area contributed by atoms with Gasteiger partial charge in [0.05, 0.1) is 6.10 Å². The minimum absolute atomic E-state index is 0.0203. The second-order valence-corrected chi connectivity index (χ2v) is 6.63. The molecule has 22 heavy (non-hydrogen) atoms. The molecule has 0 radical (unpaired) electrons. The molecule has 1 fully saturated rings. The summed E-state index contributed by atoms with van der Waals surface area (Å²) in [4.78, 5) is 11.7. The van der Waals surface area contributed by atoms with E-state index >= 15 is 0 Å². The molecule has 1 N–H and O–H groups in total. The molecular weight excluding hydrogens is 296 g/mol. The largest absolute Gasteiger partial charge is 0.389 e. The Kier molecular flexibility index (Phi) is 12.5. The van der Waals surface area contributed by atoms with Gasteiger partial charge in [0, 0.05) is 11.8 Å². The van der Waals surface area contributed by atoms with Crippen LogP contribution in [-0.2, 0) is 4.79 Å². The maximum Gasteiger partial charge on any atom is 0.155 e. The molecule has 1 rings (SSSR count). The van der Waals surface area contributed by atoms with Crippen LogP contribution in [0.3, 0.4) is 0 Å². The Labute approximate surface area is 141 Å². The molecule has 0 aromatic carbocycles. The molecule has 0 amide bonds. The molecule has 1 aliphatic rings. The second-order valence-electron chi connectivity index (χ2n) is 6.01. The number of carbonyl (C=O) groups excluding carboxylic acids is 1. The minimum Gasteiger partial charge on any atom is -0.389 e. The van der Waals surface area contributed by atoms with E-state index in [1.54, 1.807) is 6.08 Å². The monoisotopic (exact) mass is 328 g/mol. The Balaban J connectivity index is 0.00000211. The summed E-state index contributed by atoms with van der Waals surface area (Å²) in [6, 6.07) is 0. The van der Waals surface area contributed by atoms with Crippen LogP contribution in [0.4, 0.5) is 0 Å². The molecule has 1 saturated carbocycles. The summed E-state index contributed by atoms with van der Waals surface area (Å²) < 4.78 is 0. The average Bonchev–Trinajstić information content (AvgIpc) is 2.52. The lowest BCUT2D eigenvalue weighted by Crippen LogP contribution is -2.20. The van der Waals surface area contributed by atoms with E-state index in [-0.39, 0.29) is 11.2 Å². The fourth-order valence-electron chi connectivity index (χ4n) is 2.70. The molecule has 2 atom stereocenters. The van der Waals surface area contributed by atoms with Crippen LogP contribution in [0.5, 0.6) is 0 Å². The van der Waals surface area contributed by atoms with Crippen LogP contribution in [0, 0.1) is 5.92 Å². The van der Waals surface area contributed by atoms with Crippen molar-refractivity contribution in [3.63, 3.8) is 0 Å². The van der Waals surface area contributed by atoms with Gasteiger partial charge in [0.2, 0.25) is 0 Å². The molecule has 0 aromatic rings. The number of hydrogen-bond donors (Lipinski definition) is 1. The lowest BCUT2D eigenvalue weighted by atomic mass is 9.85. The summed E-state index contributed by atoms with van der Waals surface area (Å²) >= 11 is 6.12. The fourth-order valence-corrected chi connectivity index (χ4v) is 3.07. The van der Waals surface area contributed by atoms with Gasteiger partial charge in [-0.1, -0.05) is 44.8 Å². The Morgan fingerprint density at radius 3 is 2.45 bits per heavy atom. The number of aliphatic hydroxyl groups is 1. The normalized spacial score (nSPS) is 18.4. The zero-order valence-electron chi connectivity index (χ0n) is 14.5. The predicted octanol–water partition coefficient (Wildman–Crippen LogP) is 5.43. The standard InChI is InChI=1S/C17H27ClO2.C2H6/c1-13(2)12-15(18)8-9-16(19)10-11-17(20)14-6-4-3-5-7-14;1-2/h10-11,14-15,17,20H,1,3-9,12H2,2H3;1-2H3/b11-10+;. The first kappa shape index (κ1) is 21.4. The molecule has 0 saturated heterocycles. The number of rotatable bonds is 8. The van der Waals surface area contributed by atoms with Crippen LogP contribution in [0.1, 0.15) is 72.1 Å². The van der Waals surface area contributed by atoms with Crippen LogP contribution in [-0.4, -0.2) is 22.4 Å². The van der Waals surface area contributed by atoms with E-state index in [2.05, 4.69) is 6.58 Å². The van der Waals surface area contributed by atoms with Crippen molar-refractivity contribution in [3.8, 4) is 0 Å². The highest BCUT2D eigenvalue weighted by Crippen LogP contribution is 2.27. The Morgan fingerprint density at radius 1 is 1.32 bits per heavy atom. The highest BCUT2D eigenvalue weighted by Gasteiger charge is 2.19. The van der Waals surface area contributed by atoms with Crippen molar-refractivity contribution >= 4 is 17.4 Å². The van der Waals surface area contributed by atoms with Crippen LogP contribution in [0.15, 0.2) is 24.3 Å². The van der Waals surface area contributed by atoms with E-state index in [1.807, 2.05) is 20.8 Å². The van der Waals surface area contributed by atoms with Gasteiger partial charge < -0.3 is 5.11 Å². The van der Waals surface area contributed by atoms with Crippen LogP contribution >= 0.6 is 11.6 Å². The number of halogens is 1. The van der Waals surface area contributed by atoms with Gasteiger partial charge >= 0.3 is 0 Å². The third-order valence-corrected chi connectivity index (χ3v) is 4.26. The Bertz CT molecular complexity index is 343. The quantitative estimate of drug-likeness (QED) is 0.366. The number of aliphatic hydroxyl groups excluding tert-OH is 1. The molecule has 1 aliphatic carbocycles. The molecule has 0 aliphatic heterocycles. The molecule has 0 heterocycles. The third-order valence-electron chi connectivity index (χ3n) is 3.89. The summed E-state index contributed by atoms with van der Waals surface area (Å²) in [5.74, 6) is 0.379. The summed E-state index contributed by atoms with van der Waals surface area (Å²) in [7, 11) is 0. The first-order valence-corrected chi connectivity index (χ1v) is 9.10. The van der Waals surface area contributed by atoms with Crippen molar-refractivity contribution in [2.24, 2.45) is 5.92 Å². The van der Waals surface area contributed by atoms with E-state index in [4.69, 9.17) is 11.6 Å². The van der Waals surface area contributed by atoms with Crippen LogP contribution < -0.4 is 0 Å². The molecule has 3 heteroatoms. The van der Waals surface area contributed by atoms with Crippen LogP contribution in [0.25, 0.3) is 0 Å². The summed E-state index contributed by atoms with van der Waals surface area (Å²) in [6.07, 6.45) is 10.4. The first-order valence-electron chi connectivity index (χ1n) is 8.66. The van der Waals surface area contributed by atoms with E-state index in [0.29, 0.717) is 18.8 Å². The van der Waals surface area contributed by atoms with Crippen molar-refractivity contribution in [1.82, 2.24) is 0 Å². The second kappa shape index (κ2) is 12.9. The molecular formula is C19H33ClO2. The smallest absolute Gasteiger partial charge is 0.155 e. The zero-order chi connectivity index (χ0) is 17.0. The number of alkyl halides is 1. The van der Waals surface area contributed by atoms with Gasteiger partial charge in [0.1, 0.15) is 0 Å². The van der Waals surface area contributed by atoms with Gasteiger partial charge in [-0.3, -0.25) is 4.79 Å². The lowest BCUT2D eigenvalue weighted by Gasteiger charge is -2.24. The SMILES string of the molecule is C=C(C)CC(Cl)CCC(=O)/C=C/C(O)C1CCCCC1.CC. The van der Waals surface area contributed by atoms with E-state index in [0.717, 1.165) is 24.8 Å². The van der Waals surface area contributed by atoms with Gasteiger partial charge in [-0.25, -0.2) is 0 Å². The average molecular weight is 329 g/mol. The highest BCUT2D eigenvalue weighted by molar-refractivity contribution is 6.20. The topological polar surface area (TPSA) is 37.3 Å². The number of carbonyl (C=O) groups is 1. The number of allylic oxidation sites excluding steroid dienone is 2. The highest BCUT2D eigenvalue weighted by atomic mass is 35.5. The number of ketones is 1. The molecule has 0 spiro atoms. The summed E-state index contributed by atoms with van der Waals surface area (Å²) in [5.41, 5.74) is 1.04. The van der Waals surface area contributed by atoms with Gasteiger partial charge in [-0.15, -0.1) is 18.2 Å². The summed E-state index contributed by atoms with van der Waals surface area (Å²) in [6.45, 7) is 9.76. The summed E-state index contributed by atoms with van der Waals surface area (Å²) in [5, 5.41) is 10.0. The fraction of sp³-hybridized carbons (Fsp3) is 0.737. The number of hydrogen-bond acceptors (Lipinski definition) is 2. The van der Waals surface area contributed by atoms with Gasteiger partial charge in [0.15, 0.2) is 5.78 Å². The van der Waals surface area contributed by atoms with Gasteiger partial charge in [-0.2, -0.15) is 0 Å². The molecule has 0 bridgehead atoms. The first-order chi connectivity index (χ1) is 10.5. The maximum absolute atomic E-state index is 11.7. The third kappa shape index (κ3) is 10.2. The predicted molar refractivity (Wildman–Crippen MR) is 96.4 cm³/mol. The molecule has 2 unspecified atom stereocenters. The van der Waals surface area contributed by atoms with Crippen molar-refractivity contribution in [2.45, 2.75) is 83.6 Å². The van der Waals surface area contributed by atoms with Crippen molar-refractivity contribution in [3.05, 3.63) is 24.3 Å². The van der Waals surface area contributed by atoms with Crippen LogP contribution in [0.2, 0.25) is 0 Å². The lowest BCUT2D eigenvalue weighted by molar-refractivity contribution is -0.114. The Hall–Kier alpha value is -0.600. The molecule has 0 aromatic heterocycles. The zero-order valence-corrected chi connectivity index (χ0v) is 15.2. The Morgan fingerprint density at radius 2 is 1.91 bits per heavy atom. The van der Waals surface area contributed by atoms with Gasteiger partial charge in [-0.05, 0) is 44.6 Å². The van der Waals surface area contributed by atoms with E-state index in [1.165, 1.54) is 25.3 Å². The van der Waals surface area contributed by atoms with Crippen molar-refractivity contribution in [2.75, 3.05) is 0 Å². The van der Waals surface area contributed by atoms with Gasteiger partial charge in [0.25, 0.3) is 0 Å². The van der Waals surface area contributed by atoms with E-state index in [9.17, 15) is 9.90 Å². The maximum atomic E-state index is 11.7. The minimum atomic E-state index is -0.471. The van der Waals surface area contributed by atoms with Crippen molar-refractivity contribution < 1.29 is 9.90 Å². The molecule has 128 valence electrons. The van der Waals surface area contributed by atoms with Crippen molar-refractivity contribution in [1.29, 1.82) is 0 Å². The van der Waals surface area contributed by atoms with E-state index < -0.39 is 6.10 Å². The molecule has 2 nitrogen and oxygen atoms in total.